The van der Waals surface area contributed by atoms with Gasteiger partial charge in [-0.3, -0.25) is 0 Å². The van der Waals surface area contributed by atoms with Crippen LogP contribution in [0.2, 0.25) is 0 Å². The van der Waals surface area contributed by atoms with E-state index in [-0.39, 0.29) is 0 Å². The highest BCUT2D eigenvalue weighted by Crippen LogP contribution is 2.31. The largest absolute Gasteiger partial charge is 0.396 e. The number of hydrogen-bond acceptors (Lipinski definition) is 3. The molecule has 0 spiro atoms. The first kappa shape index (κ1) is 11.4. The van der Waals surface area contributed by atoms with Crippen LogP contribution in [0.3, 0.4) is 0 Å². The number of rotatable bonds is 5. The first-order valence-electron chi connectivity index (χ1n) is 6.20. The summed E-state index contributed by atoms with van der Waals surface area (Å²) in [6.07, 6.45) is 6.61. The summed E-state index contributed by atoms with van der Waals surface area (Å²) in [5, 5.41) is 12.8. The molecular weight excluding hydrogens is 190 g/mol. The summed E-state index contributed by atoms with van der Waals surface area (Å²) in [6, 6.07) is 0.662. The summed E-state index contributed by atoms with van der Waals surface area (Å²) in [5.41, 5.74) is 0. The van der Waals surface area contributed by atoms with Gasteiger partial charge < -0.3 is 15.2 Å². The van der Waals surface area contributed by atoms with Crippen molar-refractivity contribution >= 4 is 0 Å². The summed E-state index contributed by atoms with van der Waals surface area (Å²) < 4.78 is 5.25. The molecule has 88 valence electrons. The number of methoxy groups -OCH3 is 1. The molecule has 2 aliphatic carbocycles. The molecule has 2 unspecified atom stereocenters. The molecule has 2 rings (SSSR count). The van der Waals surface area contributed by atoms with Crippen LogP contribution in [0.1, 0.15) is 32.1 Å². The molecule has 0 aromatic heterocycles. The monoisotopic (exact) mass is 213 g/mol. The van der Waals surface area contributed by atoms with Gasteiger partial charge in [-0.25, -0.2) is 0 Å². The maximum atomic E-state index is 9.21. The summed E-state index contributed by atoms with van der Waals surface area (Å²) in [6.45, 7) is 1.46. The van der Waals surface area contributed by atoms with E-state index < -0.39 is 0 Å². The van der Waals surface area contributed by atoms with Crippen LogP contribution in [0.25, 0.3) is 0 Å². The molecule has 2 aliphatic rings. The fraction of sp³-hybridized carbons (Fsp3) is 1.00. The van der Waals surface area contributed by atoms with Gasteiger partial charge in [0.25, 0.3) is 0 Å². The Morgan fingerprint density at radius 1 is 1.27 bits per heavy atom. The Morgan fingerprint density at radius 3 is 2.67 bits per heavy atom. The summed E-state index contributed by atoms with van der Waals surface area (Å²) in [4.78, 5) is 0. The van der Waals surface area contributed by atoms with Crippen molar-refractivity contribution in [1.82, 2.24) is 5.32 Å². The van der Waals surface area contributed by atoms with Gasteiger partial charge in [0.15, 0.2) is 0 Å². The molecule has 0 aliphatic heterocycles. The first-order valence-corrected chi connectivity index (χ1v) is 6.20. The van der Waals surface area contributed by atoms with Crippen molar-refractivity contribution in [2.75, 3.05) is 20.3 Å². The van der Waals surface area contributed by atoms with Crippen LogP contribution in [-0.2, 0) is 4.74 Å². The Bertz CT molecular complexity index is 192. The van der Waals surface area contributed by atoms with Crippen molar-refractivity contribution in [3.05, 3.63) is 0 Å². The molecule has 2 N–H and O–H groups in total. The number of aliphatic hydroxyl groups is 1. The van der Waals surface area contributed by atoms with E-state index in [0.29, 0.717) is 30.6 Å². The zero-order chi connectivity index (χ0) is 10.7. The average molecular weight is 213 g/mol. The minimum absolute atomic E-state index is 0.373. The second kappa shape index (κ2) is 5.28. The highest BCUT2D eigenvalue weighted by Gasteiger charge is 2.31. The van der Waals surface area contributed by atoms with Gasteiger partial charge in [0.05, 0.1) is 6.10 Å². The van der Waals surface area contributed by atoms with E-state index in [4.69, 9.17) is 4.74 Å². The Labute approximate surface area is 92.2 Å². The lowest BCUT2D eigenvalue weighted by atomic mass is 9.88. The molecular formula is C12H23NO2. The molecule has 0 aromatic rings. The van der Waals surface area contributed by atoms with Crippen molar-refractivity contribution in [1.29, 1.82) is 0 Å². The lowest BCUT2D eigenvalue weighted by molar-refractivity contribution is 0.0156. The third kappa shape index (κ3) is 2.71. The molecule has 15 heavy (non-hydrogen) atoms. The SMILES string of the molecule is COC1CC(NCC2CCCC2CO)C1. The predicted octanol–water partition coefficient (Wildman–Crippen LogP) is 1.16. The fourth-order valence-corrected chi connectivity index (χ4v) is 2.87. The number of ether oxygens (including phenoxy) is 1. The van der Waals surface area contributed by atoms with Crippen LogP contribution >= 0.6 is 0 Å². The van der Waals surface area contributed by atoms with Gasteiger partial charge in [-0.2, -0.15) is 0 Å². The molecule has 3 nitrogen and oxygen atoms in total. The van der Waals surface area contributed by atoms with E-state index in [9.17, 15) is 5.11 Å². The molecule has 0 heterocycles. The average Bonchev–Trinajstić information content (AvgIpc) is 2.63. The van der Waals surface area contributed by atoms with Gasteiger partial charge in [-0.1, -0.05) is 6.42 Å². The Balaban J connectivity index is 1.62. The maximum absolute atomic E-state index is 9.21. The van der Waals surface area contributed by atoms with Crippen LogP contribution in [-0.4, -0.2) is 37.5 Å². The van der Waals surface area contributed by atoms with E-state index in [1.807, 2.05) is 0 Å². The minimum Gasteiger partial charge on any atom is -0.396 e. The number of hydrogen-bond donors (Lipinski definition) is 2. The highest BCUT2D eigenvalue weighted by molar-refractivity contribution is 4.87. The van der Waals surface area contributed by atoms with Gasteiger partial charge in [-0.15, -0.1) is 0 Å². The van der Waals surface area contributed by atoms with Crippen LogP contribution in [0.4, 0.5) is 0 Å². The lowest BCUT2D eigenvalue weighted by Gasteiger charge is -2.36. The van der Waals surface area contributed by atoms with Gasteiger partial charge in [0.2, 0.25) is 0 Å². The van der Waals surface area contributed by atoms with Gasteiger partial charge in [-0.05, 0) is 44.1 Å². The van der Waals surface area contributed by atoms with Crippen LogP contribution in [0.15, 0.2) is 0 Å². The molecule has 0 bridgehead atoms. The predicted molar refractivity (Wildman–Crippen MR) is 59.7 cm³/mol. The molecule has 2 atom stereocenters. The molecule has 0 saturated heterocycles. The quantitative estimate of drug-likeness (QED) is 0.720. The van der Waals surface area contributed by atoms with Crippen LogP contribution in [0, 0.1) is 11.8 Å². The lowest BCUT2D eigenvalue weighted by Crippen LogP contribution is -2.46. The van der Waals surface area contributed by atoms with Gasteiger partial charge >= 0.3 is 0 Å². The molecule has 0 amide bonds. The number of nitrogens with one attached hydrogen (secondary N) is 1. The van der Waals surface area contributed by atoms with Crippen LogP contribution in [0.5, 0.6) is 0 Å². The Kier molecular flexibility index (Phi) is 4.00. The molecule has 0 aromatic carbocycles. The summed E-state index contributed by atoms with van der Waals surface area (Å²) in [7, 11) is 1.79. The van der Waals surface area contributed by atoms with E-state index in [1.54, 1.807) is 7.11 Å². The van der Waals surface area contributed by atoms with E-state index in [0.717, 1.165) is 19.4 Å². The molecule has 2 saturated carbocycles. The highest BCUT2D eigenvalue weighted by atomic mass is 16.5. The van der Waals surface area contributed by atoms with Crippen molar-refractivity contribution in [3.63, 3.8) is 0 Å². The molecule has 3 heteroatoms. The van der Waals surface area contributed by atoms with E-state index in [2.05, 4.69) is 5.32 Å². The standard InChI is InChI=1S/C12H23NO2/c1-15-12-5-11(6-12)13-7-9-3-2-4-10(9)8-14/h9-14H,2-8H2,1H3. The maximum Gasteiger partial charge on any atom is 0.0601 e. The van der Waals surface area contributed by atoms with Crippen molar-refractivity contribution in [3.8, 4) is 0 Å². The normalized spacial score (nSPS) is 40.4. The van der Waals surface area contributed by atoms with E-state index in [1.165, 1.54) is 19.3 Å². The van der Waals surface area contributed by atoms with Crippen molar-refractivity contribution in [2.24, 2.45) is 11.8 Å². The van der Waals surface area contributed by atoms with Crippen LogP contribution < -0.4 is 5.32 Å². The summed E-state index contributed by atoms with van der Waals surface area (Å²) >= 11 is 0. The van der Waals surface area contributed by atoms with Crippen molar-refractivity contribution in [2.45, 2.75) is 44.2 Å². The minimum atomic E-state index is 0.373. The fourth-order valence-electron chi connectivity index (χ4n) is 2.87. The smallest absolute Gasteiger partial charge is 0.0601 e. The second-order valence-electron chi connectivity index (χ2n) is 5.07. The third-order valence-electron chi connectivity index (χ3n) is 4.15. The van der Waals surface area contributed by atoms with Gasteiger partial charge in [0, 0.05) is 19.8 Å². The van der Waals surface area contributed by atoms with Gasteiger partial charge in [0.1, 0.15) is 0 Å². The Morgan fingerprint density at radius 2 is 2.00 bits per heavy atom. The molecule has 0 radical (unpaired) electrons. The third-order valence-corrected chi connectivity index (χ3v) is 4.15. The zero-order valence-electron chi connectivity index (χ0n) is 9.61. The summed E-state index contributed by atoms with van der Waals surface area (Å²) in [5.74, 6) is 1.26. The van der Waals surface area contributed by atoms with E-state index >= 15 is 0 Å². The molecule has 2 fully saturated rings. The first-order chi connectivity index (χ1) is 7.33. The number of aliphatic hydroxyl groups excluding tert-OH is 1. The second-order valence-corrected chi connectivity index (χ2v) is 5.07. The Hall–Kier alpha value is -0.120. The zero-order valence-corrected chi connectivity index (χ0v) is 9.61. The van der Waals surface area contributed by atoms with Crippen molar-refractivity contribution < 1.29 is 9.84 Å². The topological polar surface area (TPSA) is 41.5 Å².